The molecule has 0 fully saturated rings. The molecule has 0 saturated carbocycles. The first kappa shape index (κ1) is 16.0. The van der Waals surface area contributed by atoms with Gasteiger partial charge in [0.1, 0.15) is 0 Å². The van der Waals surface area contributed by atoms with E-state index in [2.05, 4.69) is 5.32 Å². The summed E-state index contributed by atoms with van der Waals surface area (Å²) in [7, 11) is 0. The lowest BCUT2D eigenvalue weighted by Crippen LogP contribution is -2.35. The Morgan fingerprint density at radius 3 is 2.27 bits per heavy atom. The average molecular weight is 303 g/mol. The van der Waals surface area contributed by atoms with Gasteiger partial charge in [-0.1, -0.05) is 0 Å². The molecule has 6 heteroatoms. The van der Waals surface area contributed by atoms with Crippen LogP contribution in [0.2, 0.25) is 0 Å². The van der Waals surface area contributed by atoms with Crippen molar-refractivity contribution in [1.29, 1.82) is 0 Å². The number of anilines is 1. The fourth-order valence-electron chi connectivity index (χ4n) is 2.52. The molecule has 1 aromatic rings. The minimum atomic E-state index is -0.311. The Bertz CT molecular complexity index is 621. The fourth-order valence-corrected chi connectivity index (χ4v) is 2.52. The Morgan fingerprint density at radius 2 is 1.73 bits per heavy atom. The SMILES string of the molecule is CCN(CC)C(=O)Nc1ccc2c(c1)C(=O)N(C(C)C)C2=O. The number of amides is 4. The molecule has 1 N–H and O–H groups in total. The molecule has 118 valence electrons. The maximum Gasteiger partial charge on any atom is 0.321 e. The summed E-state index contributed by atoms with van der Waals surface area (Å²) in [5.74, 6) is -0.592. The zero-order chi connectivity index (χ0) is 16.4. The van der Waals surface area contributed by atoms with Crippen LogP contribution in [0.25, 0.3) is 0 Å². The second-order valence-corrected chi connectivity index (χ2v) is 5.44. The summed E-state index contributed by atoms with van der Waals surface area (Å²) in [5.41, 5.74) is 1.25. The van der Waals surface area contributed by atoms with Gasteiger partial charge in [-0.2, -0.15) is 0 Å². The van der Waals surface area contributed by atoms with E-state index in [0.717, 1.165) is 0 Å². The first-order valence-electron chi connectivity index (χ1n) is 7.48. The molecule has 1 heterocycles. The van der Waals surface area contributed by atoms with E-state index in [-0.39, 0.29) is 23.9 Å². The molecule has 2 rings (SSSR count). The number of benzene rings is 1. The summed E-state index contributed by atoms with van der Waals surface area (Å²) in [6, 6.07) is 4.40. The number of rotatable bonds is 4. The Hall–Kier alpha value is -2.37. The number of nitrogens with zero attached hydrogens (tertiary/aromatic N) is 2. The first-order valence-corrected chi connectivity index (χ1v) is 7.48. The van der Waals surface area contributed by atoms with Gasteiger partial charge in [-0.3, -0.25) is 14.5 Å². The fraction of sp³-hybridized carbons (Fsp3) is 0.438. The molecule has 0 unspecified atom stereocenters. The van der Waals surface area contributed by atoms with Crippen LogP contribution in [0.3, 0.4) is 0 Å². The minimum Gasteiger partial charge on any atom is -0.325 e. The molecule has 0 bridgehead atoms. The van der Waals surface area contributed by atoms with Crippen molar-refractivity contribution in [2.24, 2.45) is 0 Å². The predicted molar refractivity (Wildman–Crippen MR) is 84.0 cm³/mol. The molecule has 1 aromatic carbocycles. The molecule has 6 nitrogen and oxygen atoms in total. The van der Waals surface area contributed by atoms with E-state index >= 15 is 0 Å². The lowest BCUT2D eigenvalue weighted by molar-refractivity contribution is 0.0609. The van der Waals surface area contributed by atoms with Gasteiger partial charge in [-0.25, -0.2) is 4.79 Å². The normalized spacial score (nSPS) is 13.6. The largest absolute Gasteiger partial charge is 0.325 e. The number of imide groups is 1. The van der Waals surface area contributed by atoms with Crippen LogP contribution in [0.4, 0.5) is 10.5 Å². The van der Waals surface area contributed by atoms with Crippen molar-refractivity contribution >= 4 is 23.5 Å². The van der Waals surface area contributed by atoms with E-state index in [1.165, 1.54) is 4.90 Å². The summed E-state index contributed by atoms with van der Waals surface area (Å²) in [6.07, 6.45) is 0. The number of hydrogen-bond donors (Lipinski definition) is 1. The standard InChI is InChI=1S/C16H21N3O3/c1-5-18(6-2)16(22)17-11-7-8-12-13(9-11)15(21)19(10(3)4)14(12)20/h7-10H,5-6H2,1-4H3,(H,17,22). The second kappa shape index (κ2) is 6.17. The summed E-state index contributed by atoms with van der Waals surface area (Å²) in [5, 5.41) is 2.76. The average Bonchev–Trinajstić information content (AvgIpc) is 2.71. The third kappa shape index (κ3) is 2.68. The molecular formula is C16H21N3O3. The quantitative estimate of drug-likeness (QED) is 0.869. The third-order valence-electron chi connectivity index (χ3n) is 3.74. The van der Waals surface area contributed by atoms with Crippen molar-refractivity contribution in [3.8, 4) is 0 Å². The number of nitrogens with one attached hydrogen (secondary N) is 1. The van der Waals surface area contributed by atoms with E-state index < -0.39 is 0 Å². The van der Waals surface area contributed by atoms with Gasteiger partial charge < -0.3 is 10.2 Å². The lowest BCUT2D eigenvalue weighted by atomic mass is 10.1. The highest BCUT2D eigenvalue weighted by atomic mass is 16.2. The van der Waals surface area contributed by atoms with Gasteiger partial charge in [0.15, 0.2) is 0 Å². The van der Waals surface area contributed by atoms with Gasteiger partial charge in [0, 0.05) is 24.8 Å². The third-order valence-corrected chi connectivity index (χ3v) is 3.74. The Kier molecular flexibility index (Phi) is 4.49. The lowest BCUT2D eigenvalue weighted by Gasteiger charge is -2.19. The number of fused-ring (bicyclic) bond motifs is 1. The molecule has 0 aromatic heterocycles. The molecular weight excluding hydrogens is 282 g/mol. The number of carbonyl (C=O) groups is 3. The van der Waals surface area contributed by atoms with Crippen LogP contribution in [-0.4, -0.2) is 46.8 Å². The van der Waals surface area contributed by atoms with Crippen LogP contribution < -0.4 is 5.32 Å². The highest BCUT2D eigenvalue weighted by Gasteiger charge is 2.37. The Labute approximate surface area is 130 Å². The molecule has 0 aliphatic carbocycles. The van der Waals surface area contributed by atoms with Gasteiger partial charge >= 0.3 is 6.03 Å². The smallest absolute Gasteiger partial charge is 0.321 e. The first-order chi connectivity index (χ1) is 10.4. The van der Waals surface area contributed by atoms with Gasteiger partial charge in [0.25, 0.3) is 11.8 Å². The molecule has 0 atom stereocenters. The number of hydrogen-bond acceptors (Lipinski definition) is 3. The zero-order valence-corrected chi connectivity index (χ0v) is 13.3. The van der Waals surface area contributed by atoms with Crippen molar-refractivity contribution in [2.45, 2.75) is 33.7 Å². The van der Waals surface area contributed by atoms with Crippen molar-refractivity contribution in [2.75, 3.05) is 18.4 Å². The highest BCUT2D eigenvalue weighted by molar-refractivity contribution is 6.22. The maximum atomic E-state index is 12.3. The second-order valence-electron chi connectivity index (χ2n) is 5.44. The minimum absolute atomic E-state index is 0.193. The predicted octanol–water partition coefficient (Wildman–Crippen LogP) is 2.56. The summed E-state index contributed by atoms with van der Waals surface area (Å²) < 4.78 is 0. The van der Waals surface area contributed by atoms with Crippen LogP contribution in [0.5, 0.6) is 0 Å². The van der Waals surface area contributed by atoms with Crippen LogP contribution in [0.1, 0.15) is 48.4 Å². The zero-order valence-electron chi connectivity index (χ0n) is 13.3. The topological polar surface area (TPSA) is 69.7 Å². The molecule has 1 aliphatic rings. The van der Waals surface area contributed by atoms with E-state index in [1.54, 1.807) is 36.9 Å². The molecule has 0 spiro atoms. The van der Waals surface area contributed by atoms with Crippen molar-refractivity contribution < 1.29 is 14.4 Å². The summed E-state index contributed by atoms with van der Waals surface area (Å²) >= 11 is 0. The molecule has 0 saturated heterocycles. The van der Waals surface area contributed by atoms with Crippen LogP contribution in [0, 0.1) is 0 Å². The highest BCUT2D eigenvalue weighted by Crippen LogP contribution is 2.27. The van der Waals surface area contributed by atoms with E-state index in [4.69, 9.17) is 0 Å². The molecule has 4 amide bonds. The van der Waals surface area contributed by atoms with Gasteiger partial charge in [-0.15, -0.1) is 0 Å². The molecule has 1 aliphatic heterocycles. The van der Waals surface area contributed by atoms with Crippen LogP contribution in [0.15, 0.2) is 18.2 Å². The number of carbonyl (C=O) groups excluding carboxylic acids is 3. The van der Waals surface area contributed by atoms with E-state index in [9.17, 15) is 14.4 Å². The van der Waals surface area contributed by atoms with E-state index in [1.807, 2.05) is 13.8 Å². The van der Waals surface area contributed by atoms with Crippen molar-refractivity contribution in [3.05, 3.63) is 29.3 Å². The molecule has 22 heavy (non-hydrogen) atoms. The van der Waals surface area contributed by atoms with Crippen molar-refractivity contribution in [1.82, 2.24) is 9.80 Å². The van der Waals surface area contributed by atoms with Gasteiger partial charge in [0.2, 0.25) is 0 Å². The molecule has 0 radical (unpaired) electrons. The van der Waals surface area contributed by atoms with Crippen molar-refractivity contribution in [3.63, 3.8) is 0 Å². The van der Waals surface area contributed by atoms with Gasteiger partial charge in [-0.05, 0) is 45.9 Å². The Balaban J connectivity index is 2.26. The summed E-state index contributed by atoms with van der Waals surface area (Å²) in [4.78, 5) is 39.4. The summed E-state index contributed by atoms with van der Waals surface area (Å²) in [6.45, 7) is 8.59. The van der Waals surface area contributed by atoms with Crippen LogP contribution in [-0.2, 0) is 0 Å². The monoisotopic (exact) mass is 303 g/mol. The maximum absolute atomic E-state index is 12.3. The number of urea groups is 1. The van der Waals surface area contributed by atoms with Crippen LogP contribution >= 0.6 is 0 Å². The Morgan fingerprint density at radius 1 is 1.14 bits per heavy atom. The van der Waals surface area contributed by atoms with Gasteiger partial charge in [0.05, 0.1) is 11.1 Å². The van der Waals surface area contributed by atoms with E-state index in [0.29, 0.717) is 29.9 Å².